The monoisotopic (exact) mass is 577 g/mol. The molecule has 2 aromatic carbocycles. The van der Waals surface area contributed by atoms with Gasteiger partial charge in [0.25, 0.3) is 0 Å². The van der Waals surface area contributed by atoms with Crippen molar-refractivity contribution in [2.75, 3.05) is 38.4 Å². The van der Waals surface area contributed by atoms with Crippen molar-refractivity contribution in [3.05, 3.63) is 42.0 Å². The molecule has 0 atom stereocenters. The number of benzene rings is 2. The Hall–Kier alpha value is -2.14. The van der Waals surface area contributed by atoms with Gasteiger partial charge in [-0.1, -0.05) is 65.1 Å². The van der Waals surface area contributed by atoms with Crippen LogP contribution in [0.15, 0.2) is 36.4 Å². The van der Waals surface area contributed by atoms with Crippen LogP contribution in [0.5, 0.6) is 5.75 Å². The molecule has 0 aromatic heterocycles. The summed E-state index contributed by atoms with van der Waals surface area (Å²) in [6.45, 7) is 3.16. The normalized spacial score (nSPS) is 20.2. The number of alkyl carbamates (subject to hydrolysis) is 1. The van der Waals surface area contributed by atoms with Crippen molar-refractivity contribution >= 4 is 44.4 Å². The maximum atomic E-state index is 12.2. The van der Waals surface area contributed by atoms with Gasteiger partial charge in [-0.3, -0.25) is 4.79 Å². The van der Waals surface area contributed by atoms with Crippen molar-refractivity contribution in [2.45, 2.75) is 64.4 Å². The van der Waals surface area contributed by atoms with Crippen LogP contribution in [0, 0.1) is 5.41 Å². The van der Waals surface area contributed by atoms with Crippen LogP contribution in [0.4, 0.5) is 4.79 Å². The molecule has 0 unspecified atom stereocenters. The number of hydrogen-bond acceptors (Lipinski definition) is 9. The summed E-state index contributed by atoms with van der Waals surface area (Å²) in [5.74, 6) is 1.91. The quantitative estimate of drug-likeness (QED) is 0.162. The number of esters is 1. The Bertz CT molecular complexity index is 1090. The number of nitrogens with one attached hydrogen (secondary N) is 1. The van der Waals surface area contributed by atoms with E-state index in [0.29, 0.717) is 31.3 Å². The van der Waals surface area contributed by atoms with E-state index in [9.17, 15) is 9.59 Å². The summed E-state index contributed by atoms with van der Waals surface area (Å²) in [6.07, 6.45) is 6.10. The van der Waals surface area contributed by atoms with Crippen LogP contribution in [-0.4, -0.2) is 63.0 Å². The van der Waals surface area contributed by atoms with Gasteiger partial charge < -0.3 is 29.0 Å². The fourth-order valence-corrected chi connectivity index (χ4v) is 6.81. The molecule has 2 aliphatic rings. The minimum Gasteiger partial charge on any atom is -0.497 e. The van der Waals surface area contributed by atoms with Crippen molar-refractivity contribution in [1.29, 1.82) is 0 Å². The van der Waals surface area contributed by atoms with Gasteiger partial charge in [0.1, 0.15) is 19.0 Å². The van der Waals surface area contributed by atoms with E-state index in [-0.39, 0.29) is 36.5 Å². The number of ether oxygens (including phenoxy) is 5. The lowest BCUT2D eigenvalue weighted by molar-refractivity contribution is -0.383. The Kier molecular flexibility index (Phi) is 11.5. The number of hydrogen-bond donors (Lipinski definition) is 1. The first-order valence-corrected chi connectivity index (χ1v) is 16.1. The van der Waals surface area contributed by atoms with E-state index in [1.54, 1.807) is 28.7 Å². The van der Waals surface area contributed by atoms with E-state index in [0.717, 1.165) is 41.3 Å². The molecule has 4 rings (SSSR count). The maximum absolute atomic E-state index is 12.2. The van der Waals surface area contributed by atoms with Crippen LogP contribution in [-0.2, 0) is 30.2 Å². The number of rotatable bonds is 14. The van der Waals surface area contributed by atoms with Crippen LogP contribution in [0.25, 0.3) is 10.8 Å². The highest BCUT2D eigenvalue weighted by Crippen LogP contribution is 2.42. The van der Waals surface area contributed by atoms with Gasteiger partial charge in [-0.2, -0.15) is 0 Å². The molecule has 39 heavy (non-hydrogen) atoms. The first-order valence-electron chi connectivity index (χ1n) is 13.6. The molecule has 8 nitrogen and oxygen atoms in total. The summed E-state index contributed by atoms with van der Waals surface area (Å²) in [5, 5.41) is 5.09. The molecule has 1 amide bonds. The van der Waals surface area contributed by atoms with E-state index in [1.807, 2.05) is 43.3 Å². The minimum absolute atomic E-state index is 0.0204. The lowest BCUT2D eigenvalue weighted by Gasteiger charge is -2.43. The van der Waals surface area contributed by atoms with E-state index < -0.39 is 0 Å². The summed E-state index contributed by atoms with van der Waals surface area (Å²) in [7, 11) is 4.84. The molecule has 1 aliphatic heterocycles. The molecule has 10 heteroatoms. The van der Waals surface area contributed by atoms with Crippen molar-refractivity contribution in [3.63, 3.8) is 0 Å². The molecule has 0 radical (unpaired) electrons. The minimum atomic E-state index is -0.379. The largest absolute Gasteiger partial charge is 0.497 e. The molecule has 1 saturated heterocycles. The molecule has 1 N–H and O–H groups in total. The van der Waals surface area contributed by atoms with Gasteiger partial charge in [0.2, 0.25) is 0 Å². The SMILES string of the molecule is COc1ccc2cc(CC(=O)OCCSSCCOC(=O)NCC3(CC4OC(C)O4)CCCCC3)ccc2c1. The smallest absolute Gasteiger partial charge is 0.407 e. The highest BCUT2D eigenvalue weighted by atomic mass is 33.1. The zero-order valence-electron chi connectivity index (χ0n) is 22.8. The third kappa shape index (κ3) is 9.48. The average Bonchev–Trinajstić information content (AvgIpc) is 2.93. The second-order valence-electron chi connectivity index (χ2n) is 10.1. The molecule has 1 aliphatic carbocycles. The molecule has 0 bridgehead atoms. The molecule has 0 spiro atoms. The number of carbonyl (C=O) groups is 2. The first-order chi connectivity index (χ1) is 18.9. The number of methoxy groups -OCH3 is 1. The zero-order valence-corrected chi connectivity index (χ0v) is 24.4. The third-order valence-corrected chi connectivity index (χ3v) is 9.51. The fraction of sp³-hybridized carbons (Fsp3) is 0.586. The van der Waals surface area contributed by atoms with Crippen molar-refractivity contribution in [1.82, 2.24) is 5.32 Å². The van der Waals surface area contributed by atoms with Crippen LogP contribution < -0.4 is 10.1 Å². The lowest BCUT2D eigenvalue weighted by Crippen LogP contribution is -2.47. The first kappa shape index (κ1) is 29.8. The third-order valence-electron chi connectivity index (χ3n) is 7.18. The molecular weight excluding hydrogens is 538 g/mol. The summed E-state index contributed by atoms with van der Waals surface area (Å²) in [6, 6.07) is 11.8. The Balaban J connectivity index is 1.03. The standard InChI is InChI=1S/C29H39NO7S2/c1-21-36-27(37-21)19-29(10-4-3-5-11-29)20-30-28(32)35-13-15-39-38-14-12-34-26(31)17-22-6-7-24-18-25(33-2)9-8-23(24)16-22/h6-9,16,18,21,27H,3-5,10-15,17,19-20H2,1-2H3,(H,30,32). The van der Waals surface area contributed by atoms with E-state index >= 15 is 0 Å². The number of carbonyl (C=O) groups excluding carboxylic acids is 2. The van der Waals surface area contributed by atoms with Gasteiger partial charge in [0.05, 0.1) is 13.5 Å². The van der Waals surface area contributed by atoms with Crippen molar-refractivity contribution < 1.29 is 33.3 Å². The fourth-order valence-electron chi connectivity index (χ4n) is 5.16. The summed E-state index contributed by atoms with van der Waals surface area (Å²) < 4.78 is 27.3. The number of amides is 1. The summed E-state index contributed by atoms with van der Waals surface area (Å²) in [4.78, 5) is 24.5. The highest BCUT2D eigenvalue weighted by Gasteiger charge is 2.39. The molecule has 2 fully saturated rings. The molecule has 214 valence electrons. The highest BCUT2D eigenvalue weighted by molar-refractivity contribution is 8.76. The van der Waals surface area contributed by atoms with Crippen LogP contribution in [0.3, 0.4) is 0 Å². The van der Waals surface area contributed by atoms with Crippen LogP contribution >= 0.6 is 21.6 Å². The zero-order chi connectivity index (χ0) is 27.5. The average molecular weight is 578 g/mol. The maximum Gasteiger partial charge on any atom is 0.407 e. The van der Waals surface area contributed by atoms with Crippen molar-refractivity contribution in [2.24, 2.45) is 5.41 Å². The van der Waals surface area contributed by atoms with E-state index in [4.69, 9.17) is 23.7 Å². The Morgan fingerprint density at radius 3 is 2.38 bits per heavy atom. The van der Waals surface area contributed by atoms with Gasteiger partial charge in [-0.05, 0) is 53.6 Å². The van der Waals surface area contributed by atoms with E-state index in [1.165, 1.54) is 19.3 Å². The molecule has 1 heterocycles. The van der Waals surface area contributed by atoms with Crippen molar-refractivity contribution in [3.8, 4) is 5.75 Å². The van der Waals surface area contributed by atoms with Gasteiger partial charge in [-0.15, -0.1) is 0 Å². The molecule has 2 aromatic rings. The Morgan fingerprint density at radius 2 is 1.67 bits per heavy atom. The molecular formula is C29H39NO7S2. The van der Waals surface area contributed by atoms with Gasteiger partial charge in [-0.25, -0.2) is 4.79 Å². The van der Waals surface area contributed by atoms with Gasteiger partial charge in [0, 0.05) is 24.5 Å². The topological polar surface area (TPSA) is 92.3 Å². The second-order valence-corrected chi connectivity index (χ2v) is 12.8. The van der Waals surface area contributed by atoms with E-state index in [2.05, 4.69) is 5.32 Å². The Morgan fingerprint density at radius 1 is 0.974 bits per heavy atom. The summed E-state index contributed by atoms with van der Waals surface area (Å²) >= 11 is 0. The van der Waals surface area contributed by atoms with Crippen LogP contribution in [0.2, 0.25) is 0 Å². The van der Waals surface area contributed by atoms with Gasteiger partial charge in [0.15, 0.2) is 12.6 Å². The number of fused-ring (bicyclic) bond motifs is 1. The lowest BCUT2D eigenvalue weighted by atomic mass is 9.71. The summed E-state index contributed by atoms with van der Waals surface area (Å²) in [5.41, 5.74) is 0.941. The van der Waals surface area contributed by atoms with Crippen LogP contribution in [0.1, 0.15) is 51.0 Å². The second kappa shape index (κ2) is 15.0. The Labute approximate surface area is 238 Å². The predicted molar refractivity (Wildman–Crippen MR) is 155 cm³/mol. The van der Waals surface area contributed by atoms with Gasteiger partial charge >= 0.3 is 12.1 Å². The molecule has 1 saturated carbocycles. The predicted octanol–water partition coefficient (Wildman–Crippen LogP) is 6.10.